The summed E-state index contributed by atoms with van der Waals surface area (Å²) in [5.74, 6) is 5.67. The van der Waals surface area contributed by atoms with E-state index in [2.05, 4.69) is 41.5 Å². The lowest BCUT2D eigenvalue weighted by Gasteiger charge is -2.31. The molecule has 1 fully saturated rings. The van der Waals surface area contributed by atoms with Gasteiger partial charge in [-0.25, -0.2) is 0 Å². The van der Waals surface area contributed by atoms with Crippen molar-refractivity contribution >= 4 is 0 Å². The van der Waals surface area contributed by atoms with E-state index in [1.54, 1.807) is 0 Å². The Morgan fingerprint density at radius 2 is 1.68 bits per heavy atom. The van der Waals surface area contributed by atoms with E-state index < -0.39 is 0 Å². The normalized spacial score (nSPS) is 35.7. The number of rotatable bonds is 6. The second-order valence-corrected chi connectivity index (χ2v) is 7.84. The van der Waals surface area contributed by atoms with E-state index in [-0.39, 0.29) is 0 Å². The van der Waals surface area contributed by atoms with Crippen LogP contribution in [0.5, 0.6) is 0 Å². The zero-order valence-electron chi connectivity index (χ0n) is 14.4. The number of hydrogen-bond acceptors (Lipinski definition) is 0. The molecular weight excluding hydrogens is 228 g/mol. The van der Waals surface area contributed by atoms with Crippen LogP contribution >= 0.6 is 0 Å². The summed E-state index contributed by atoms with van der Waals surface area (Å²) in [6, 6.07) is 0. The molecule has 0 heterocycles. The van der Waals surface area contributed by atoms with E-state index in [9.17, 15) is 0 Å². The second kappa shape index (κ2) is 8.32. The van der Waals surface area contributed by atoms with Crippen LogP contribution in [0.1, 0.15) is 86.5 Å². The predicted molar refractivity (Wildman–Crippen MR) is 87.3 cm³/mol. The summed E-state index contributed by atoms with van der Waals surface area (Å²) < 4.78 is 0. The molecule has 0 aromatic carbocycles. The van der Waals surface area contributed by atoms with Gasteiger partial charge >= 0.3 is 0 Å². The SMILES string of the molecule is CCC(C)CCCC(C)C1CCC(C)CC(C)C1C. The Labute approximate surface area is 122 Å². The van der Waals surface area contributed by atoms with Gasteiger partial charge in [0.25, 0.3) is 0 Å². The molecule has 0 bridgehead atoms. The van der Waals surface area contributed by atoms with E-state index >= 15 is 0 Å². The quantitative estimate of drug-likeness (QED) is 0.478. The minimum Gasteiger partial charge on any atom is -0.0651 e. The first-order valence-corrected chi connectivity index (χ1v) is 8.95. The highest BCUT2D eigenvalue weighted by Crippen LogP contribution is 2.40. The van der Waals surface area contributed by atoms with Gasteiger partial charge in [0.2, 0.25) is 0 Å². The molecule has 0 radical (unpaired) electrons. The largest absolute Gasteiger partial charge is 0.0651 e. The molecule has 19 heavy (non-hydrogen) atoms. The van der Waals surface area contributed by atoms with Gasteiger partial charge in [0.15, 0.2) is 0 Å². The highest BCUT2D eigenvalue weighted by Gasteiger charge is 2.31. The molecule has 0 heteroatoms. The Morgan fingerprint density at radius 3 is 2.32 bits per heavy atom. The summed E-state index contributed by atoms with van der Waals surface area (Å²) in [7, 11) is 0. The molecule has 0 N–H and O–H groups in total. The van der Waals surface area contributed by atoms with E-state index in [0.29, 0.717) is 0 Å². The summed E-state index contributed by atoms with van der Waals surface area (Å²) in [4.78, 5) is 0. The molecule has 1 saturated carbocycles. The van der Waals surface area contributed by atoms with Gasteiger partial charge in [0.1, 0.15) is 0 Å². The van der Waals surface area contributed by atoms with Crippen molar-refractivity contribution in [2.45, 2.75) is 86.5 Å². The van der Waals surface area contributed by atoms with Crippen LogP contribution in [0.4, 0.5) is 0 Å². The first kappa shape index (κ1) is 17.1. The van der Waals surface area contributed by atoms with Crippen molar-refractivity contribution in [3.8, 4) is 0 Å². The summed E-state index contributed by atoms with van der Waals surface area (Å²) in [6.45, 7) is 14.7. The van der Waals surface area contributed by atoms with Crippen LogP contribution in [0.3, 0.4) is 0 Å². The molecule has 114 valence electrons. The molecule has 0 amide bonds. The van der Waals surface area contributed by atoms with Crippen LogP contribution in [-0.2, 0) is 0 Å². The molecule has 0 spiro atoms. The van der Waals surface area contributed by atoms with E-state index in [1.807, 2.05) is 0 Å². The molecular formula is C19H38. The molecule has 0 aromatic heterocycles. The first-order chi connectivity index (χ1) is 8.95. The standard InChI is InChI=1S/C19H38/c1-7-14(2)9-8-10-16(4)19-12-11-15(3)13-17(5)18(19)6/h14-19H,7-13H2,1-6H3. The van der Waals surface area contributed by atoms with Crippen LogP contribution in [0, 0.1) is 35.5 Å². The van der Waals surface area contributed by atoms with Crippen LogP contribution in [0.2, 0.25) is 0 Å². The molecule has 6 atom stereocenters. The third kappa shape index (κ3) is 5.48. The Bertz CT molecular complexity index is 232. The lowest BCUT2D eigenvalue weighted by atomic mass is 9.74. The fourth-order valence-corrected chi connectivity index (χ4v) is 4.14. The van der Waals surface area contributed by atoms with Crippen molar-refractivity contribution in [2.75, 3.05) is 0 Å². The maximum absolute atomic E-state index is 2.53. The Morgan fingerprint density at radius 1 is 1.00 bits per heavy atom. The van der Waals surface area contributed by atoms with Gasteiger partial charge in [0, 0.05) is 0 Å². The van der Waals surface area contributed by atoms with Crippen molar-refractivity contribution in [3.63, 3.8) is 0 Å². The van der Waals surface area contributed by atoms with Crippen LogP contribution in [-0.4, -0.2) is 0 Å². The Kier molecular flexibility index (Phi) is 7.47. The van der Waals surface area contributed by atoms with Crippen LogP contribution < -0.4 is 0 Å². The highest BCUT2D eigenvalue weighted by atomic mass is 14.4. The van der Waals surface area contributed by atoms with Crippen molar-refractivity contribution in [1.29, 1.82) is 0 Å². The average molecular weight is 267 g/mol. The maximum atomic E-state index is 2.53. The zero-order valence-corrected chi connectivity index (χ0v) is 14.4. The minimum absolute atomic E-state index is 0.928. The molecule has 1 aliphatic carbocycles. The molecule has 0 saturated heterocycles. The molecule has 0 nitrogen and oxygen atoms in total. The molecule has 1 rings (SSSR count). The first-order valence-electron chi connectivity index (χ1n) is 8.95. The van der Waals surface area contributed by atoms with E-state index in [4.69, 9.17) is 0 Å². The third-order valence-electron chi connectivity index (χ3n) is 6.12. The summed E-state index contributed by atoms with van der Waals surface area (Å²) in [5.41, 5.74) is 0. The topological polar surface area (TPSA) is 0 Å². The van der Waals surface area contributed by atoms with Gasteiger partial charge in [-0.1, -0.05) is 73.6 Å². The molecule has 6 unspecified atom stereocenters. The summed E-state index contributed by atoms with van der Waals surface area (Å²) >= 11 is 0. The van der Waals surface area contributed by atoms with Crippen molar-refractivity contribution in [3.05, 3.63) is 0 Å². The molecule has 0 aromatic rings. The maximum Gasteiger partial charge on any atom is -0.0360 e. The van der Waals surface area contributed by atoms with Crippen molar-refractivity contribution < 1.29 is 0 Å². The third-order valence-corrected chi connectivity index (χ3v) is 6.12. The Balaban J connectivity index is 2.43. The second-order valence-electron chi connectivity index (χ2n) is 7.84. The van der Waals surface area contributed by atoms with E-state index in [1.165, 1.54) is 44.9 Å². The lowest BCUT2D eigenvalue weighted by molar-refractivity contribution is 0.184. The van der Waals surface area contributed by atoms with Gasteiger partial charge in [-0.3, -0.25) is 0 Å². The van der Waals surface area contributed by atoms with Gasteiger partial charge in [0.05, 0.1) is 0 Å². The smallest absolute Gasteiger partial charge is 0.0360 e. The summed E-state index contributed by atoms with van der Waals surface area (Å²) in [5, 5.41) is 0. The fraction of sp³-hybridized carbons (Fsp3) is 1.00. The van der Waals surface area contributed by atoms with Crippen LogP contribution in [0.15, 0.2) is 0 Å². The number of hydrogen-bond donors (Lipinski definition) is 0. The monoisotopic (exact) mass is 266 g/mol. The van der Waals surface area contributed by atoms with Gasteiger partial charge in [-0.2, -0.15) is 0 Å². The minimum atomic E-state index is 0.928. The van der Waals surface area contributed by atoms with Gasteiger partial charge < -0.3 is 0 Å². The predicted octanol–water partition coefficient (Wildman–Crippen LogP) is 6.55. The van der Waals surface area contributed by atoms with Gasteiger partial charge in [-0.05, 0) is 48.3 Å². The Hall–Kier alpha value is 0. The van der Waals surface area contributed by atoms with Gasteiger partial charge in [-0.15, -0.1) is 0 Å². The fourth-order valence-electron chi connectivity index (χ4n) is 4.14. The van der Waals surface area contributed by atoms with Crippen molar-refractivity contribution in [1.82, 2.24) is 0 Å². The van der Waals surface area contributed by atoms with Crippen molar-refractivity contribution in [2.24, 2.45) is 35.5 Å². The average Bonchev–Trinajstić information content (AvgIpc) is 2.49. The lowest BCUT2D eigenvalue weighted by Crippen LogP contribution is -2.23. The molecule has 0 aliphatic heterocycles. The van der Waals surface area contributed by atoms with Crippen LogP contribution in [0.25, 0.3) is 0 Å². The zero-order chi connectivity index (χ0) is 14.4. The highest BCUT2D eigenvalue weighted by molar-refractivity contribution is 4.81. The van der Waals surface area contributed by atoms with E-state index in [0.717, 1.165) is 35.5 Å². The molecule has 1 aliphatic rings. The summed E-state index contributed by atoms with van der Waals surface area (Å²) in [6.07, 6.45) is 10.1.